The van der Waals surface area contributed by atoms with E-state index in [4.69, 9.17) is 4.74 Å². The van der Waals surface area contributed by atoms with Crippen molar-refractivity contribution in [3.05, 3.63) is 35.6 Å². The van der Waals surface area contributed by atoms with Crippen LogP contribution in [0.15, 0.2) is 24.3 Å². The number of ether oxygens (including phenoxy) is 2. The van der Waals surface area contributed by atoms with E-state index in [-0.39, 0.29) is 18.3 Å². The summed E-state index contributed by atoms with van der Waals surface area (Å²) in [5.74, 6) is -0.566. The molecule has 1 aromatic rings. The topological polar surface area (TPSA) is 38.8 Å². The van der Waals surface area contributed by atoms with Gasteiger partial charge < -0.3 is 9.47 Å². The van der Waals surface area contributed by atoms with Crippen molar-refractivity contribution in [2.75, 3.05) is 33.9 Å². The molecular weight excluding hydrogens is 237 g/mol. The van der Waals surface area contributed by atoms with E-state index in [2.05, 4.69) is 4.74 Å². The number of nitrogens with zero attached hydrogens (tertiary/aromatic N) is 1. The van der Waals surface area contributed by atoms with E-state index in [1.165, 1.54) is 19.2 Å². The second-order valence-electron chi connectivity index (χ2n) is 3.91. The molecule has 0 amide bonds. The predicted molar refractivity (Wildman–Crippen MR) is 65.6 cm³/mol. The van der Waals surface area contributed by atoms with E-state index < -0.39 is 0 Å². The molecule has 0 heterocycles. The van der Waals surface area contributed by atoms with Gasteiger partial charge in [-0.1, -0.05) is 12.1 Å². The first-order valence-corrected chi connectivity index (χ1v) is 5.68. The Morgan fingerprint density at radius 2 is 1.94 bits per heavy atom. The van der Waals surface area contributed by atoms with Crippen LogP contribution in [0.4, 0.5) is 4.39 Å². The van der Waals surface area contributed by atoms with Gasteiger partial charge in [0.1, 0.15) is 5.82 Å². The molecule has 0 aliphatic carbocycles. The molecule has 0 aromatic heterocycles. The average molecular weight is 255 g/mol. The molecule has 18 heavy (non-hydrogen) atoms. The number of benzene rings is 1. The lowest BCUT2D eigenvalue weighted by Gasteiger charge is -2.20. The molecule has 0 saturated carbocycles. The molecule has 0 spiro atoms. The SMILES string of the molecule is COCCN(CC(=O)OC)Cc1ccc(F)cc1. The fourth-order valence-electron chi connectivity index (χ4n) is 1.53. The van der Waals surface area contributed by atoms with Gasteiger partial charge in [-0.2, -0.15) is 0 Å². The van der Waals surface area contributed by atoms with Crippen molar-refractivity contribution < 1.29 is 18.7 Å². The van der Waals surface area contributed by atoms with Gasteiger partial charge in [0.2, 0.25) is 0 Å². The highest BCUT2D eigenvalue weighted by Crippen LogP contribution is 2.06. The van der Waals surface area contributed by atoms with Crippen molar-refractivity contribution in [3.8, 4) is 0 Å². The number of halogens is 1. The Hall–Kier alpha value is -1.46. The molecule has 4 nitrogen and oxygen atoms in total. The zero-order valence-corrected chi connectivity index (χ0v) is 10.7. The van der Waals surface area contributed by atoms with Crippen molar-refractivity contribution in [1.29, 1.82) is 0 Å². The number of rotatable bonds is 7. The largest absolute Gasteiger partial charge is 0.468 e. The highest BCUT2D eigenvalue weighted by molar-refractivity contribution is 5.71. The summed E-state index contributed by atoms with van der Waals surface area (Å²) in [6.07, 6.45) is 0. The van der Waals surface area contributed by atoms with Gasteiger partial charge in [-0.3, -0.25) is 9.69 Å². The van der Waals surface area contributed by atoms with Crippen LogP contribution in [0.25, 0.3) is 0 Å². The van der Waals surface area contributed by atoms with Crippen LogP contribution in [0.3, 0.4) is 0 Å². The molecule has 0 unspecified atom stereocenters. The number of hydrogen-bond acceptors (Lipinski definition) is 4. The lowest BCUT2D eigenvalue weighted by atomic mass is 10.2. The number of methoxy groups -OCH3 is 2. The van der Waals surface area contributed by atoms with Gasteiger partial charge in [0.25, 0.3) is 0 Å². The minimum atomic E-state index is -0.298. The Balaban J connectivity index is 2.59. The maximum absolute atomic E-state index is 12.8. The molecule has 0 atom stereocenters. The summed E-state index contributed by atoms with van der Waals surface area (Å²) in [7, 11) is 2.96. The first-order chi connectivity index (χ1) is 8.65. The van der Waals surface area contributed by atoms with Crippen LogP contribution in [0, 0.1) is 5.82 Å². The van der Waals surface area contributed by atoms with Crippen LogP contribution < -0.4 is 0 Å². The summed E-state index contributed by atoms with van der Waals surface area (Å²) < 4.78 is 22.4. The highest BCUT2D eigenvalue weighted by Gasteiger charge is 2.11. The third kappa shape index (κ3) is 5.25. The number of carbonyl (C=O) groups excluding carboxylic acids is 1. The Bertz CT molecular complexity index is 367. The Morgan fingerprint density at radius 3 is 2.50 bits per heavy atom. The summed E-state index contributed by atoms with van der Waals surface area (Å²) in [6.45, 7) is 1.89. The first-order valence-electron chi connectivity index (χ1n) is 5.68. The molecule has 0 aliphatic rings. The fraction of sp³-hybridized carbons (Fsp3) is 0.462. The standard InChI is InChI=1S/C13H18FNO3/c1-17-8-7-15(10-13(16)18-2)9-11-3-5-12(14)6-4-11/h3-6H,7-10H2,1-2H3. The van der Waals surface area contributed by atoms with Crippen molar-refractivity contribution >= 4 is 5.97 Å². The maximum atomic E-state index is 12.8. The lowest BCUT2D eigenvalue weighted by Crippen LogP contribution is -2.32. The van der Waals surface area contributed by atoms with Gasteiger partial charge in [-0.15, -0.1) is 0 Å². The van der Waals surface area contributed by atoms with Crippen LogP contribution in [0.1, 0.15) is 5.56 Å². The Kier molecular flexibility index (Phi) is 6.32. The third-order valence-corrected chi connectivity index (χ3v) is 2.51. The smallest absolute Gasteiger partial charge is 0.319 e. The summed E-state index contributed by atoms with van der Waals surface area (Å²) in [6, 6.07) is 6.21. The molecule has 0 N–H and O–H groups in total. The van der Waals surface area contributed by atoms with E-state index in [1.807, 2.05) is 4.90 Å². The summed E-state index contributed by atoms with van der Waals surface area (Å²) in [5.41, 5.74) is 0.941. The quantitative estimate of drug-likeness (QED) is 0.691. The number of hydrogen-bond donors (Lipinski definition) is 0. The van der Waals surface area contributed by atoms with Crippen LogP contribution >= 0.6 is 0 Å². The first kappa shape index (κ1) is 14.6. The monoisotopic (exact) mass is 255 g/mol. The van der Waals surface area contributed by atoms with Crippen LogP contribution in [0.5, 0.6) is 0 Å². The third-order valence-electron chi connectivity index (χ3n) is 2.51. The summed E-state index contributed by atoms with van der Waals surface area (Å²) in [4.78, 5) is 13.2. The maximum Gasteiger partial charge on any atom is 0.319 e. The highest BCUT2D eigenvalue weighted by atomic mass is 19.1. The predicted octanol–water partition coefficient (Wildman–Crippen LogP) is 1.45. The van der Waals surface area contributed by atoms with Gasteiger partial charge in [0.05, 0.1) is 20.3 Å². The van der Waals surface area contributed by atoms with Gasteiger partial charge >= 0.3 is 5.97 Å². The molecule has 0 bridgehead atoms. The van der Waals surface area contributed by atoms with Crippen molar-refractivity contribution in [1.82, 2.24) is 4.90 Å². The van der Waals surface area contributed by atoms with E-state index in [1.54, 1.807) is 19.2 Å². The molecular formula is C13H18FNO3. The molecule has 100 valence electrons. The van der Waals surface area contributed by atoms with Crippen molar-refractivity contribution in [2.45, 2.75) is 6.54 Å². The Labute approximate surface area is 106 Å². The number of carbonyl (C=O) groups is 1. The summed E-state index contributed by atoms with van der Waals surface area (Å²) >= 11 is 0. The zero-order chi connectivity index (χ0) is 13.4. The van der Waals surface area contributed by atoms with E-state index >= 15 is 0 Å². The van der Waals surface area contributed by atoms with Crippen molar-refractivity contribution in [2.24, 2.45) is 0 Å². The molecule has 0 radical (unpaired) electrons. The van der Waals surface area contributed by atoms with E-state index in [0.29, 0.717) is 19.7 Å². The Morgan fingerprint density at radius 1 is 1.28 bits per heavy atom. The van der Waals surface area contributed by atoms with Crippen LogP contribution in [0.2, 0.25) is 0 Å². The molecule has 0 saturated heterocycles. The fourth-order valence-corrected chi connectivity index (χ4v) is 1.53. The van der Waals surface area contributed by atoms with E-state index in [9.17, 15) is 9.18 Å². The van der Waals surface area contributed by atoms with Gasteiger partial charge in [0.15, 0.2) is 0 Å². The van der Waals surface area contributed by atoms with Gasteiger partial charge in [-0.25, -0.2) is 4.39 Å². The summed E-state index contributed by atoms with van der Waals surface area (Å²) in [5, 5.41) is 0. The lowest BCUT2D eigenvalue weighted by molar-refractivity contribution is -0.142. The van der Waals surface area contributed by atoms with E-state index in [0.717, 1.165) is 5.56 Å². The molecule has 0 aliphatic heterocycles. The number of esters is 1. The minimum Gasteiger partial charge on any atom is -0.468 e. The molecule has 0 fully saturated rings. The zero-order valence-electron chi connectivity index (χ0n) is 10.7. The second kappa shape index (κ2) is 7.79. The molecule has 1 aromatic carbocycles. The normalized spacial score (nSPS) is 10.7. The minimum absolute atomic E-state index is 0.192. The van der Waals surface area contributed by atoms with Crippen LogP contribution in [-0.2, 0) is 20.8 Å². The molecule has 1 rings (SSSR count). The average Bonchev–Trinajstić information content (AvgIpc) is 2.38. The van der Waals surface area contributed by atoms with Gasteiger partial charge in [0, 0.05) is 20.2 Å². The van der Waals surface area contributed by atoms with Gasteiger partial charge in [-0.05, 0) is 17.7 Å². The second-order valence-corrected chi connectivity index (χ2v) is 3.91. The van der Waals surface area contributed by atoms with Crippen molar-refractivity contribution in [3.63, 3.8) is 0 Å². The van der Waals surface area contributed by atoms with Crippen LogP contribution in [-0.4, -0.2) is 44.8 Å². The molecule has 5 heteroatoms.